The van der Waals surface area contributed by atoms with E-state index in [0.29, 0.717) is 28.9 Å². The van der Waals surface area contributed by atoms with E-state index in [1.54, 1.807) is 18.2 Å². The second kappa shape index (κ2) is 8.80. The lowest BCUT2D eigenvalue weighted by Crippen LogP contribution is -2.37. The van der Waals surface area contributed by atoms with Crippen LogP contribution in [0, 0.1) is 12.8 Å². The Balaban J connectivity index is 0.00000264. The van der Waals surface area contributed by atoms with Crippen LogP contribution in [0.2, 0.25) is 0 Å². The number of carbonyl (C=O) groups excluding carboxylic acids is 1. The van der Waals surface area contributed by atoms with E-state index < -0.39 is 11.9 Å². The Morgan fingerprint density at radius 1 is 1.43 bits per heavy atom. The first-order chi connectivity index (χ1) is 10.3. The van der Waals surface area contributed by atoms with Crippen LogP contribution in [0.1, 0.15) is 18.4 Å². The summed E-state index contributed by atoms with van der Waals surface area (Å²) in [6, 6.07) is 5.09. The largest absolute Gasteiger partial charge is 0.398 e. The van der Waals surface area contributed by atoms with Gasteiger partial charge in [-0.25, -0.2) is 0 Å². The number of hydrogen-bond donors (Lipinski definition) is 2. The van der Waals surface area contributed by atoms with Gasteiger partial charge in [-0.15, -0.1) is 24.2 Å². The Morgan fingerprint density at radius 2 is 2.17 bits per heavy atom. The SMILES string of the molecule is Cc1ccc(SCC(F)(F)F)c(NC(=O)C2CCCNC2)c1.Cl. The van der Waals surface area contributed by atoms with Crippen LogP contribution in [0.3, 0.4) is 0 Å². The molecule has 1 fully saturated rings. The first kappa shape index (κ1) is 20.1. The molecule has 1 heterocycles. The zero-order valence-electron chi connectivity index (χ0n) is 12.7. The minimum absolute atomic E-state index is 0. The zero-order valence-corrected chi connectivity index (χ0v) is 14.3. The number of rotatable bonds is 4. The number of carbonyl (C=O) groups is 1. The molecule has 2 rings (SSSR count). The first-order valence-electron chi connectivity index (χ1n) is 7.17. The highest BCUT2D eigenvalue weighted by atomic mass is 35.5. The summed E-state index contributed by atoms with van der Waals surface area (Å²) >= 11 is 0.696. The van der Waals surface area contributed by atoms with Crippen molar-refractivity contribution in [2.45, 2.75) is 30.8 Å². The molecule has 0 bridgehead atoms. The molecule has 0 radical (unpaired) electrons. The van der Waals surface area contributed by atoms with Crippen molar-refractivity contribution < 1.29 is 18.0 Å². The van der Waals surface area contributed by atoms with Gasteiger partial charge in [0.15, 0.2) is 0 Å². The van der Waals surface area contributed by atoms with E-state index in [-0.39, 0.29) is 24.2 Å². The van der Waals surface area contributed by atoms with Gasteiger partial charge in [0.2, 0.25) is 5.91 Å². The molecular formula is C15H20ClF3N2OS. The van der Waals surface area contributed by atoms with Crippen LogP contribution >= 0.6 is 24.2 Å². The molecule has 0 aromatic heterocycles. The van der Waals surface area contributed by atoms with Crippen molar-refractivity contribution in [2.75, 3.05) is 24.2 Å². The van der Waals surface area contributed by atoms with Gasteiger partial charge in [-0.3, -0.25) is 4.79 Å². The van der Waals surface area contributed by atoms with Crippen LogP contribution in [0.15, 0.2) is 23.1 Å². The highest BCUT2D eigenvalue weighted by Crippen LogP contribution is 2.33. The molecule has 1 atom stereocenters. The van der Waals surface area contributed by atoms with Crippen molar-refractivity contribution in [3.63, 3.8) is 0 Å². The lowest BCUT2D eigenvalue weighted by atomic mass is 9.99. The fourth-order valence-electron chi connectivity index (χ4n) is 2.34. The summed E-state index contributed by atoms with van der Waals surface area (Å²) in [5, 5.41) is 5.95. The topological polar surface area (TPSA) is 41.1 Å². The third-order valence-corrected chi connectivity index (χ3v) is 4.59. The van der Waals surface area contributed by atoms with Crippen molar-refractivity contribution in [1.82, 2.24) is 5.32 Å². The minimum atomic E-state index is -4.23. The van der Waals surface area contributed by atoms with Gasteiger partial charge >= 0.3 is 6.18 Å². The van der Waals surface area contributed by atoms with E-state index >= 15 is 0 Å². The summed E-state index contributed by atoms with van der Waals surface area (Å²) in [5.41, 5.74) is 1.36. The molecule has 1 aromatic carbocycles. The van der Waals surface area contributed by atoms with Crippen molar-refractivity contribution in [1.29, 1.82) is 0 Å². The maximum Gasteiger partial charge on any atom is 0.398 e. The van der Waals surface area contributed by atoms with Crippen LogP contribution in [0.4, 0.5) is 18.9 Å². The highest BCUT2D eigenvalue weighted by Gasteiger charge is 2.28. The normalized spacial score (nSPS) is 18.2. The number of benzene rings is 1. The standard InChI is InChI=1S/C15H19F3N2OS.ClH/c1-10-4-5-13(22-9-15(16,17)18)12(7-10)20-14(21)11-3-2-6-19-8-11;/h4-5,7,11,19H,2-3,6,8-9H2,1H3,(H,20,21);1H. The van der Waals surface area contributed by atoms with E-state index in [2.05, 4.69) is 10.6 Å². The fourth-order valence-corrected chi connectivity index (χ4v) is 3.09. The maximum absolute atomic E-state index is 12.4. The number of piperidine rings is 1. The zero-order chi connectivity index (χ0) is 16.2. The lowest BCUT2D eigenvalue weighted by Gasteiger charge is -2.22. The Morgan fingerprint density at radius 3 is 2.78 bits per heavy atom. The summed E-state index contributed by atoms with van der Waals surface area (Å²) in [5.74, 6) is -1.23. The molecule has 1 aromatic rings. The minimum Gasteiger partial charge on any atom is -0.325 e. The van der Waals surface area contributed by atoms with Gasteiger partial charge in [-0.05, 0) is 44.0 Å². The molecule has 0 saturated carbocycles. The summed E-state index contributed by atoms with van der Waals surface area (Å²) in [7, 11) is 0. The summed E-state index contributed by atoms with van der Waals surface area (Å²) in [6.45, 7) is 3.36. The van der Waals surface area contributed by atoms with Crippen LogP contribution in [0.25, 0.3) is 0 Å². The average Bonchev–Trinajstić information content (AvgIpc) is 2.46. The maximum atomic E-state index is 12.4. The number of anilines is 1. The third-order valence-electron chi connectivity index (χ3n) is 3.45. The predicted molar refractivity (Wildman–Crippen MR) is 89.4 cm³/mol. The molecule has 2 N–H and O–H groups in total. The predicted octanol–water partition coefficient (Wildman–Crippen LogP) is 4.01. The molecule has 1 aliphatic heterocycles. The molecule has 130 valence electrons. The number of amides is 1. The van der Waals surface area contributed by atoms with Crippen LogP contribution in [-0.2, 0) is 4.79 Å². The van der Waals surface area contributed by atoms with E-state index in [4.69, 9.17) is 0 Å². The smallest absolute Gasteiger partial charge is 0.325 e. The molecule has 3 nitrogen and oxygen atoms in total. The Bertz CT molecular complexity index is 534. The summed E-state index contributed by atoms with van der Waals surface area (Å²) in [4.78, 5) is 12.7. The van der Waals surface area contributed by atoms with Gasteiger partial charge < -0.3 is 10.6 Å². The molecule has 23 heavy (non-hydrogen) atoms. The monoisotopic (exact) mass is 368 g/mol. The van der Waals surface area contributed by atoms with Gasteiger partial charge in [-0.1, -0.05) is 6.07 Å². The van der Waals surface area contributed by atoms with E-state index in [1.165, 1.54) is 0 Å². The van der Waals surface area contributed by atoms with Crippen molar-refractivity contribution >= 4 is 35.8 Å². The van der Waals surface area contributed by atoms with Gasteiger partial charge in [0, 0.05) is 11.4 Å². The third kappa shape index (κ3) is 6.61. The van der Waals surface area contributed by atoms with Crippen molar-refractivity contribution in [2.24, 2.45) is 5.92 Å². The average molecular weight is 369 g/mol. The van der Waals surface area contributed by atoms with E-state index in [1.807, 2.05) is 6.92 Å². The molecule has 1 aliphatic rings. The number of nitrogens with one attached hydrogen (secondary N) is 2. The van der Waals surface area contributed by atoms with Gasteiger partial charge in [0.25, 0.3) is 0 Å². The molecule has 0 aliphatic carbocycles. The Labute approximate surface area is 144 Å². The number of aryl methyl sites for hydroxylation is 1. The molecule has 1 unspecified atom stereocenters. The van der Waals surface area contributed by atoms with Crippen LogP contribution in [-0.4, -0.2) is 30.9 Å². The van der Waals surface area contributed by atoms with Crippen molar-refractivity contribution in [3.05, 3.63) is 23.8 Å². The summed E-state index contributed by atoms with van der Waals surface area (Å²) < 4.78 is 37.2. The highest BCUT2D eigenvalue weighted by molar-refractivity contribution is 7.99. The van der Waals surface area contributed by atoms with E-state index in [9.17, 15) is 18.0 Å². The van der Waals surface area contributed by atoms with Gasteiger partial charge in [0.05, 0.1) is 17.4 Å². The fraction of sp³-hybridized carbons (Fsp3) is 0.533. The molecular weight excluding hydrogens is 349 g/mol. The summed E-state index contributed by atoms with van der Waals surface area (Å²) in [6.07, 6.45) is -2.50. The Hall–Kier alpha value is -0.920. The van der Waals surface area contributed by atoms with Crippen LogP contribution in [0.5, 0.6) is 0 Å². The first-order valence-corrected chi connectivity index (χ1v) is 8.15. The second-order valence-electron chi connectivity index (χ2n) is 5.44. The Kier molecular flexibility index (Phi) is 7.70. The molecule has 0 spiro atoms. The number of halogens is 4. The van der Waals surface area contributed by atoms with Crippen molar-refractivity contribution in [3.8, 4) is 0 Å². The number of hydrogen-bond acceptors (Lipinski definition) is 3. The van der Waals surface area contributed by atoms with Crippen LogP contribution < -0.4 is 10.6 Å². The number of alkyl halides is 3. The van der Waals surface area contributed by atoms with Gasteiger partial charge in [-0.2, -0.15) is 13.2 Å². The number of thioether (sulfide) groups is 1. The molecule has 1 saturated heterocycles. The second-order valence-corrected chi connectivity index (χ2v) is 6.45. The van der Waals surface area contributed by atoms with E-state index in [0.717, 1.165) is 24.9 Å². The molecule has 1 amide bonds. The molecule has 8 heteroatoms. The quantitative estimate of drug-likeness (QED) is 0.789. The van der Waals surface area contributed by atoms with Gasteiger partial charge in [0.1, 0.15) is 0 Å². The lowest BCUT2D eigenvalue weighted by molar-refractivity contribution is -0.120.